The lowest BCUT2D eigenvalue weighted by molar-refractivity contribution is -0.617. The topological polar surface area (TPSA) is 45.4 Å². The average molecular weight is 233 g/mol. The SMILES string of the molecule is COc1cc2cc(C)[n+]([O-])c(C)c2cc1OC. The molecule has 0 amide bonds. The molecule has 0 radical (unpaired) electrons. The van der Waals surface area contributed by atoms with Crippen molar-refractivity contribution in [2.45, 2.75) is 13.8 Å². The number of aromatic nitrogens is 1. The summed E-state index contributed by atoms with van der Waals surface area (Å²) in [5.74, 6) is 1.30. The highest BCUT2D eigenvalue weighted by Gasteiger charge is 2.14. The van der Waals surface area contributed by atoms with Gasteiger partial charge in [0.05, 0.1) is 19.6 Å². The van der Waals surface area contributed by atoms with E-state index in [0.717, 1.165) is 15.5 Å². The number of rotatable bonds is 2. The van der Waals surface area contributed by atoms with Crippen LogP contribution in [0.1, 0.15) is 11.4 Å². The molecular weight excluding hydrogens is 218 g/mol. The highest BCUT2D eigenvalue weighted by Crippen LogP contribution is 2.32. The van der Waals surface area contributed by atoms with E-state index >= 15 is 0 Å². The lowest BCUT2D eigenvalue weighted by Gasteiger charge is -2.11. The second kappa shape index (κ2) is 4.13. The van der Waals surface area contributed by atoms with Crippen LogP contribution in [0, 0.1) is 19.1 Å². The molecule has 0 spiro atoms. The number of benzene rings is 1. The summed E-state index contributed by atoms with van der Waals surface area (Å²) in [5, 5.41) is 13.6. The van der Waals surface area contributed by atoms with Crippen molar-refractivity contribution in [3.63, 3.8) is 0 Å². The van der Waals surface area contributed by atoms with E-state index in [1.807, 2.05) is 18.2 Å². The Labute approximate surface area is 100.0 Å². The summed E-state index contributed by atoms with van der Waals surface area (Å²) in [5.41, 5.74) is 1.34. The number of pyridine rings is 1. The maximum Gasteiger partial charge on any atom is 0.197 e. The molecule has 0 aliphatic heterocycles. The van der Waals surface area contributed by atoms with Gasteiger partial charge in [-0.2, -0.15) is 4.73 Å². The number of nitrogens with zero attached hydrogens (tertiary/aromatic N) is 1. The van der Waals surface area contributed by atoms with Crippen LogP contribution in [0.2, 0.25) is 0 Å². The van der Waals surface area contributed by atoms with E-state index in [0.29, 0.717) is 22.9 Å². The molecule has 4 heteroatoms. The Hall–Kier alpha value is -1.97. The van der Waals surface area contributed by atoms with Crippen LogP contribution in [0.5, 0.6) is 11.5 Å². The summed E-state index contributed by atoms with van der Waals surface area (Å²) < 4.78 is 11.4. The molecule has 0 bridgehead atoms. The molecule has 0 fully saturated rings. The van der Waals surface area contributed by atoms with E-state index in [-0.39, 0.29) is 0 Å². The Morgan fingerprint density at radius 1 is 1.00 bits per heavy atom. The average Bonchev–Trinajstić information content (AvgIpc) is 2.34. The molecule has 4 nitrogen and oxygen atoms in total. The highest BCUT2D eigenvalue weighted by molar-refractivity contribution is 5.87. The van der Waals surface area contributed by atoms with Crippen molar-refractivity contribution in [1.82, 2.24) is 0 Å². The molecule has 0 atom stereocenters. The van der Waals surface area contributed by atoms with E-state index in [1.54, 1.807) is 28.1 Å². The van der Waals surface area contributed by atoms with Crippen LogP contribution < -0.4 is 14.2 Å². The molecule has 0 saturated carbocycles. The predicted octanol–water partition coefficient (Wildman–Crippen LogP) is 2.11. The molecule has 1 aromatic heterocycles. The first-order valence-electron chi connectivity index (χ1n) is 5.34. The molecule has 2 aromatic rings. The first-order chi connectivity index (χ1) is 8.08. The summed E-state index contributed by atoms with van der Waals surface area (Å²) in [6, 6.07) is 5.56. The number of ether oxygens (including phenoxy) is 2. The minimum Gasteiger partial charge on any atom is -0.618 e. The Morgan fingerprint density at radius 2 is 1.59 bits per heavy atom. The van der Waals surface area contributed by atoms with Crippen LogP contribution in [-0.4, -0.2) is 14.2 Å². The van der Waals surface area contributed by atoms with Crippen molar-refractivity contribution < 1.29 is 14.2 Å². The van der Waals surface area contributed by atoms with E-state index in [9.17, 15) is 5.21 Å². The van der Waals surface area contributed by atoms with Crippen molar-refractivity contribution in [2.75, 3.05) is 14.2 Å². The smallest absolute Gasteiger partial charge is 0.197 e. The molecule has 0 N–H and O–H groups in total. The van der Waals surface area contributed by atoms with Crippen LogP contribution in [0.25, 0.3) is 10.8 Å². The highest BCUT2D eigenvalue weighted by atomic mass is 16.5. The largest absolute Gasteiger partial charge is 0.618 e. The van der Waals surface area contributed by atoms with Crippen molar-refractivity contribution >= 4 is 10.8 Å². The fraction of sp³-hybridized carbons (Fsp3) is 0.308. The second-order valence-corrected chi connectivity index (χ2v) is 3.96. The van der Waals surface area contributed by atoms with Crippen molar-refractivity contribution in [1.29, 1.82) is 0 Å². The Morgan fingerprint density at radius 3 is 2.18 bits per heavy atom. The molecule has 17 heavy (non-hydrogen) atoms. The van der Waals surface area contributed by atoms with Gasteiger partial charge in [-0.1, -0.05) is 0 Å². The molecule has 90 valence electrons. The standard InChI is InChI=1S/C13H15NO3/c1-8-5-10-6-12(16-3)13(17-4)7-11(10)9(2)14(8)15/h5-7H,1-4H3. The molecule has 0 aliphatic carbocycles. The van der Waals surface area contributed by atoms with Crippen molar-refractivity contribution in [3.05, 3.63) is 34.8 Å². The quantitative estimate of drug-likeness (QED) is 0.589. The third kappa shape index (κ3) is 1.75. The predicted molar refractivity (Wildman–Crippen MR) is 65.5 cm³/mol. The van der Waals surface area contributed by atoms with E-state index in [2.05, 4.69) is 0 Å². The lowest BCUT2D eigenvalue weighted by atomic mass is 10.1. The summed E-state index contributed by atoms with van der Waals surface area (Å²) in [6.07, 6.45) is 0. The maximum atomic E-state index is 11.8. The van der Waals surface area contributed by atoms with Gasteiger partial charge in [-0.3, -0.25) is 0 Å². The van der Waals surface area contributed by atoms with E-state index < -0.39 is 0 Å². The molecule has 1 aromatic carbocycles. The zero-order valence-electron chi connectivity index (χ0n) is 10.4. The maximum absolute atomic E-state index is 11.8. The third-order valence-electron chi connectivity index (χ3n) is 2.93. The lowest BCUT2D eigenvalue weighted by Crippen LogP contribution is -2.33. The molecule has 0 aliphatic rings. The molecule has 2 rings (SSSR count). The summed E-state index contributed by atoms with van der Waals surface area (Å²) in [4.78, 5) is 0. The van der Waals surface area contributed by atoms with Gasteiger partial charge in [0.1, 0.15) is 0 Å². The van der Waals surface area contributed by atoms with Gasteiger partial charge in [0, 0.05) is 19.9 Å². The van der Waals surface area contributed by atoms with E-state index in [4.69, 9.17) is 9.47 Å². The minimum absolute atomic E-state index is 0.631. The van der Waals surface area contributed by atoms with Crippen LogP contribution in [0.4, 0.5) is 0 Å². The Balaban J connectivity index is 2.83. The first kappa shape index (κ1) is 11.5. The molecule has 1 heterocycles. The van der Waals surface area contributed by atoms with Crippen LogP contribution >= 0.6 is 0 Å². The monoisotopic (exact) mass is 233 g/mol. The van der Waals surface area contributed by atoms with Gasteiger partial charge >= 0.3 is 0 Å². The fourth-order valence-electron chi connectivity index (χ4n) is 1.99. The number of aryl methyl sites for hydroxylation is 2. The Kier molecular flexibility index (Phi) is 2.79. The van der Waals surface area contributed by atoms with Gasteiger partial charge in [0.25, 0.3) is 0 Å². The van der Waals surface area contributed by atoms with Gasteiger partial charge in [-0.25, -0.2) is 0 Å². The normalized spacial score (nSPS) is 10.6. The zero-order chi connectivity index (χ0) is 12.6. The third-order valence-corrected chi connectivity index (χ3v) is 2.93. The molecular formula is C13H15NO3. The Bertz CT molecular complexity index is 579. The van der Waals surface area contributed by atoms with Crippen LogP contribution in [0.15, 0.2) is 18.2 Å². The second-order valence-electron chi connectivity index (χ2n) is 3.96. The van der Waals surface area contributed by atoms with Gasteiger partial charge in [-0.15, -0.1) is 0 Å². The van der Waals surface area contributed by atoms with Gasteiger partial charge < -0.3 is 14.7 Å². The molecule has 0 saturated heterocycles. The first-order valence-corrected chi connectivity index (χ1v) is 5.34. The van der Waals surface area contributed by atoms with E-state index in [1.165, 1.54) is 0 Å². The zero-order valence-corrected chi connectivity index (χ0v) is 10.4. The summed E-state index contributed by atoms with van der Waals surface area (Å²) >= 11 is 0. The van der Waals surface area contributed by atoms with Crippen LogP contribution in [0.3, 0.4) is 0 Å². The van der Waals surface area contributed by atoms with Gasteiger partial charge in [0.2, 0.25) is 0 Å². The van der Waals surface area contributed by atoms with Gasteiger partial charge in [0.15, 0.2) is 22.9 Å². The van der Waals surface area contributed by atoms with Crippen molar-refractivity contribution in [2.24, 2.45) is 0 Å². The van der Waals surface area contributed by atoms with Gasteiger partial charge in [-0.05, 0) is 17.5 Å². The number of hydrogen-bond acceptors (Lipinski definition) is 3. The number of fused-ring (bicyclic) bond motifs is 1. The minimum atomic E-state index is 0.631. The van der Waals surface area contributed by atoms with Crippen LogP contribution in [-0.2, 0) is 0 Å². The number of methoxy groups -OCH3 is 2. The summed E-state index contributed by atoms with van der Waals surface area (Å²) in [6.45, 7) is 3.59. The van der Waals surface area contributed by atoms with Crippen molar-refractivity contribution in [3.8, 4) is 11.5 Å². The summed E-state index contributed by atoms with van der Waals surface area (Å²) in [7, 11) is 3.18. The number of hydrogen-bond donors (Lipinski definition) is 0. The molecule has 0 unspecified atom stereocenters. The fourth-order valence-corrected chi connectivity index (χ4v) is 1.99.